The fourth-order valence-electron chi connectivity index (χ4n) is 2.07. The van der Waals surface area contributed by atoms with Crippen LogP contribution >= 0.6 is 0 Å². The zero-order chi connectivity index (χ0) is 26.4. The molecule has 0 saturated heterocycles. The Kier molecular flexibility index (Phi) is 14.3. The molecule has 34 heavy (non-hydrogen) atoms. The molecule has 4 unspecified atom stereocenters. The van der Waals surface area contributed by atoms with E-state index in [1.165, 1.54) is 20.8 Å². The Labute approximate surface area is 198 Å². The molecular formula is C22H33NO11. The lowest BCUT2D eigenvalue weighted by molar-refractivity contribution is -0.285. The number of aliphatic hydroxyl groups excluding tert-OH is 2. The Bertz CT molecular complexity index is 777. The van der Waals surface area contributed by atoms with E-state index in [4.69, 9.17) is 14.2 Å². The number of carbonyl (C=O) groups excluding carboxylic acids is 4. The van der Waals surface area contributed by atoms with E-state index in [-0.39, 0.29) is 23.1 Å². The predicted molar refractivity (Wildman–Crippen MR) is 118 cm³/mol. The maximum absolute atomic E-state index is 12.2. The summed E-state index contributed by atoms with van der Waals surface area (Å²) in [6, 6.07) is 0. The molecular weight excluding hydrogens is 454 g/mol. The molecule has 3 N–H and O–H groups in total. The topological polar surface area (TPSA) is 167 Å². The Morgan fingerprint density at radius 1 is 0.794 bits per heavy atom. The molecule has 4 atom stereocenters. The van der Waals surface area contributed by atoms with Gasteiger partial charge in [0.2, 0.25) is 0 Å². The summed E-state index contributed by atoms with van der Waals surface area (Å²) in [7, 11) is 1.63. The second-order valence-electron chi connectivity index (χ2n) is 7.41. The number of aliphatic hydroxyl groups is 2. The van der Waals surface area contributed by atoms with E-state index in [2.05, 4.69) is 34.8 Å². The SMILES string of the molecule is C=C(C)C(=O)OOCC(O)C(OC(=O)C(=C)C)C(OC(=O)C(=C)C)C(O)COC(=O)CCNC. The van der Waals surface area contributed by atoms with E-state index in [0.717, 1.165) is 0 Å². The van der Waals surface area contributed by atoms with E-state index in [1.807, 2.05) is 0 Å². The van der Waals surface area contributed by atoms with Gasteiger partial charge in [-0.2, -0.15) is 4.89 Å². The van der Waals surface area contributed by atoms with Gasteiger partial charge in [-0.15, -0.1) is 0 Å². The fraction of sp³-hybridized carbons (Fsp3) is 0.545. The van der Waals surface area contributed by atoms with Crippen molar-refractivity contribution in [1.82, 2.24) is 5.32 Å². The molecule has 0 aromatic carbocycles. The number of esters is 3. The van der Waals surface area contributed by atoms with Gasteiger partial charge in [-0.05, 0) is 27.8 Å². The van der Waals surface area contributed by atoms with Gasteiger partial charge < -0.3 is 29.7 Å². The lowest BCUT2D eigenvalue weighted by Crippen LogP contribution is -2.52. The van der Waals surface area contributed by atoms with Crippen LogP contribution in [0.25, 0.3) is 0 Å². The Hall–Kier alpha value is -3.06. The molecule has 0 rings (SSSR count). The number of hydrogen-bond acceptors (Lipinski definition) is 12. The normalized spacial score (nSPS) is 14.1. The van der Waals surface area contributed by atoms with E-state index >= 15 is 0 Å². The van der Waals surface area contributed by atoms with Crippen LogP contribution < -0.4 is 5.32 Å². The van der Waals surface area contributed by atoms with E-state index in [1.54, 1.807) is 7.05 Å². The minimum Gasteiger partial charge on any atom is -0.463 e. The van der Waals surface area contributed by atoms with Gasteiger partial charge in [0.15, 0.2) is 12.2 Å². The van der Waals surface area contributed by atoms with Crippen molar-refractivity contribution < 1.29 is 53.4 Å². The van der Waals surface area contributed by atoms with Crippen LogP contribution in [0.3, 0.4) is 0 Å². The number of carbonyl (C=O) groups is 4. The minimum atomic E-state index is -1.78. The summed E-state index contributed by atoms with van der Waals surface area (Å²) in [5, 5.41) is 23.9. The van der Waals surface area contributed by atoms with Crippen LogP contribution in [0.15, 0.2) is 36.5 Å². The lowest BCUT2D eigenvalue weighted by Gasteiger charge is -2.32. The summed E-state index contributed by atoms with van der Waals surface area (Å²) in [6.07, 6.45) is -7.00. The standard InChI is InChI=1S/C22H33NO11/c1-12(2)20(27)32-18(15(24)10-30-17(26)8-9-23-7)19(33-21(28)13(3)4)16(25)11-31-34-22(29)14(5)6/h15-16,18-19,23-25H,1,3,5,8-11H2,2,4,6-7H3. The van der Waals surface area contributed by atoms with Gasteiger partial charge in [0.05, 0.1) is 6.42 Å². The maximum atomic E-state index is 12.2. The maximum Gasteiger partial charge on any atom is 0.368 e. The fourth-order valence-corrected chi connectivity index (χ4v) is 2.07. The number of ether oxygens (including phenoxy) is 3. The molecule has 0 aliphatic rings. The summed E-state index contributed by atoms with van der Waals surface area (Å²) in [6.45, 7) is 13.2. The summed E-state index contributed by atoms with van der Waals surface area (Å²) in [5.41, 5.74) is -0.109. The molecule has 0 aliphatic carbocycles. The first kappa shape index (κ1) is 30.9. The molecule has 12 heteroatoms. The van der Waals surface area contributed by atoms with E-state index in [9.17, 15) is 29.4 Å². The van der Waals surface area contributed by atoms with Crippen molar-refractivity contribution in [3.8, 4) is 0 Å². The van der Waals surface area contributed by atoms with Crippen molar-refractivity contribution in [2.75, 3.05) is 26.8 Å². The third-order valence-corrected chi connectivity index (χ3v) is 3.98. The van der Waals surface area contributed by atoms with Gasteiger partial charge in [0.1, 0.15) is 25.4 Å². The Balaban J connectivity index is 5.74. The average molecular weight is 488 g/mol. The van der Waals surface area contributed by atoms with Crippen molar-refractivity contribution in [2.45, 2.75) is 51.6 Å². The number of rotatable bonds is 16. The van der Waals surface area contributed by atoms with Gasteiger partial charge in [0, 0.05) is 23.3 Å². The third kappa shape index (κ3) is 11.7. The first-order valence-corrected chi connectivity index (χ1v) is 10.2. The average Bonchev–Trinajstić information content (AvgIpc) is 2.77. The smallest absolute Gasteiger partial charge is 0.368 e. The van der Waals surface area contributed by atoms with Crippen molar-refractivity contribution in [3.63, 3.8) is 0 Å². The van der Waals surface area contributed by atoms with Crippen molar-refractivity contribution in [2.24, 2.45) is 0 Å². The van der Waals surface area contributed by atoms with Crippen LogP contribution in [0.2, 0.25) is 0 Å². The zero-order valence-corrected chi connectivity index (χ0v) is 19.8. The second-order valence-corrected chi connectivity index (χ2v) is 7.41. The van der Waals surface area contributed by atoms with Crippen LogP contribution in [-0.4, -0.2) is 85.3 Å². The van der Waals surface area contributed by atoms with Crippen molar-refractivity contribution in [1.29, 1.82) is 0 Å². The molecule has 0 spiro atoms. The predicted octanol–water partition coefficient (Wildman–Crippen LogP) is -0.112. The molecule has 0 saturated carbocycles. The molecule has 0 fully saturated rings. The summed E-state index contributed by atoms with van der Waals surface area (Å²) < 4.78 is 15.3. The summed E-state index contributed by atoms with van der Waals surface area (Å²) in [5.74, 6) is -3.55. The van der Waals surface area contributed by atoms with Crippen LogP contribution in [0.5, 0.6) is 0 Å². The van der Waals surface area contributed by atoms with Crippen LogP contribution in [0.1, 0.15) is 27.2 Å². The molecule has 0 aromatic rings. The quantitative estimate of drug-likeness (QED) is 0.0870. The van der Waals surface area contributed by atoms with Crippen LogP contribution in [0, 0.1) is 0 Å². The monoisotopic (exact) mass is 487 g/mol. The number of hydrogen-bond donors (Lipinski definition) is 3. The van der Waals surface area contributed by atoms with Gasteiger partial charge >= 0.3 is 23.9 Å². The molecule has 0 aliphatic heterocycles. The number of nitrogens with one attached hydrogen (secondary N) is 1. The zero-order valence-electron chi connectivity index (χ0n) is 19.8. The van der Waals surface area contributed by atoms with Crippen molar-refractivity contribution in [3.05, 3.63) is 36.5 Å². The molecule has 0 radical (unpaired) electrons. The molecule has 0 aromatic heterocycles. The summed E-state index contributed by atoms with van der Waals surface area (Å²) >= 11 is 0. The van der Waals surface area contributed by atoms with Crippen molar-refractivity contribution >= 4 is 23.9 Å². The van der Waals surface area contributed by atoms with Crippen LogP contribution in [-0.2, 0) is 43.2 Å². The van der Waals surface area contributed by atoms with Gasteiger partial charge in [-0.1, -0.05) is 19.7 Å². The molecule has 0 amide bonds. The first-order valence-electron chi connectivity index (χ1n) is 10.2. The minimum absolute atomic E-state index is 0.00192. The van der Waals surface area contributed by atoms with Crippen LogP contribution in [0.4, 0.5) is 0 Å². The highest BCUT2D eigenvalue weighted by atomic mass is 17.2. The van der Waals surface area contributed by atoms with E-state index in [0.29, 0.717) is 6.54 Å². The second kappa shape index (κ2) is 15.7. The summed E-state index contributed by atoms with van der Waals surface area (Å²) in [4.78, 5) is 56.6. The third-order valence-electron chi connectivity index (χ3n) is 3.98. The molecule has 0 heterocycles. The highest BCUT2D eigenvalue weighted by Crippen LogP contribution is 2.18. The lowest BCUT2D eigenvalue weighted by atomic mass is 10.0. The van der Waals surface area contributed by atoms with Gasteiger partial charge in [-0.25, -0.2) is 14.4 Å². The molecule has 0 bridgehead atoms. The highest BCUT2D eigenvalue weighted by molar-refractivity contribution is 5.88. The first-order chi connectivity index (χ1) is 15.8. The highest BCUT2D eigenvalue weighted by Gasteiger charge is 2.41. The molecule has 12 nitrogen and oxygen atoms in total. The van der Waals surface area contributed by atoms with E-state index < -0.39 is 61.5 Å². The van der Waals surface area contributed by atoms with Gasteiger partial charge in [-0.3, -0.25) is 9.68 Å². The Morgan fingerprint density at radius 2 is 1.24 bits per heavy atom. The molecule has 192 valence electrons. The van der Waals surface area contributed by atoms with Gasteiger partial charge in [0.25, 0.3) is 0 Å². The Morgan fingerprint density at radius 3 is 1.65 bits per heavy atom. The largest absolute Gasteiger partial charge is 0.463 e.